The van der Waals surface area contributed by atoms with Crippen molar-refractivity contribution in [3.05, 3.63) is 0 Å². The van der Waals surface area contributed by atoms with E-state index in [9.17, 15) is 0 Å². The van der Waals surface area contributed by atoms with E-state index in [0.29, 0.717) is 21.7 Å². The number of hydrogen-bond donors (Lipinski definition) is 0. The van der Waals surface area contributed by atoms with Crippen LogP contribution >= 0.6 is 0 Å². The molecule has 8 atom stereocenters. The highest BCUT2D eigenvalue weighted by molar-refractivity contribution is 5.08. The van der Waals surface area contributed by atoms with Gasteiger partial charge in [-0.2, -0.15) is 0 Å². The van der Waals surface area contributed by atoms with Crippen molar-refractivity contribution in [1.29, 1.82) is 0 Å². The number of rotatable bonds is 3. The first-order valence-electron chi connectivity index (χ1n) is 14.0. The molecule has 0 spiro atoms. The molecule has 0 aromatic rings. The van der Waals surface area contributed by atoms with E-state index in [0.717, 1.165) is 35.5 Å². The summed E-state index contributed by atoms with van der Waals surface area (Å²) in [4.78, 5) is 0. The highest BCUT2D eigenvalue weighted by Gasteiger charge is 2.58. The first kappa shape index (κ1) is 23.2. The Morgan fingerprint density at radius 3 is 1.27 bits per heavy atom. The Kier molecular flexibility index (Phi) is 6.02. The van der Waals surface area contributed by atoms with Crippen LogP contribution in [0.25, 0.3) is 0 Å². The Hall–Kier alpha value is 0. The molecule has 30 heavy (non-hydrogen) atoms. The Morgan fingerprint density at radius 2 is 0.900 bits per heavy atom. The molecular formula is C30H54. The molecule has 0 aromatic heterocycles. The minimum absolute atomic E-state index is 0.557. The van der Waals surface area contributed by atoms with Crippen LogP contribution in [0, 0.1) is 57.2 Å². The Labute approximate surface area is 189 Å². The zero-order valence-electron chi connectivity index (χ0n) is 21.9. The molecule has 0 unspecified atom stereocenters. The van der Waals surface area contributed by atoms with Gasteiger partial charge in [-0.15, -0.1) is 0 Å². The van der Waals surface area contributed by atoms with E-state index in [4.69, 9.17) is 0 Å². The van der Waals surface area contributed by atoms with Gasteiger partial charge in [0.15, 0.2) is 0 Å². The fraction of sp³-hybridized carbons (Fsp3) is 1.00. The maximum atomic E-state index is 2.67. The van der Waals surface area contributed by atoms with Gasteiger partial charge in [0.1, 0.15) is 0 Å². The molecule has 0 radical (unpaired) electrons. The topological polar surface area (TPSA) is 0 Å². The average molecular weight is 415 g/mol. The smallest absolute Gasteiger partial charge is 0.0236 e. The van der Waals surface area contributed by atoms with Crippen LogP contribution in [0.5, 0.6) is 0 Å². The van der Waals surface area contributed by atoms with Gasteiger partial charge in [-0.3, -0.25) is 0 Å². The van der Waals surface area contributed by atoms with Crippen molar-refractivity contribution >= 4 is 0 Å². The molecule has 4 rings (SSSR count). The Morgan fingerprint density at radius 1 is 0.533 bits per heavy atom. The summed E-state index contributed by atoms with van der Waals surface area (Å²) in [5.74, 6) is 5.61. The van der Waals surface area contributed by atoms with E-state index in [2.05, 4.69) is 55.4 Å². The highest BCUT2D eigenvalue weighted by atomic mass is 14.6. The first-order chi connectivity index (χ1) is 14.0. The van der Waals surface area contributed by atoms with E-state index in [1.54, 1.807) is 0 Å². The quantitative estimate of drug-likeness (QED) is 0.431. The van der Waals surface area contributed by atoms with Crippen LogP contribution in [-0.2, 0) is 0 Å². The molecule has 4 fully saturated rings. The lowest BCUT2D eigenvalue weighted by atomic mass is 9.41. The second kappa shape index (κ2) is 7.80. The van der Waals surface area contributed by atoms with Crippen LogP contribution < -0.4 is 0 Å². The van der Waals surface area contributed by atoms with Crippen LogP contribution in [-0.4, -0.2) is 0 Å². The lowest BCUT2D eigenvalue weighted by molar-refractivity contribution is -0.141. The van der Waals surface area contributed by atoms with Gasteiger partial charge in [-0.1, -0.05) is 81.1 Å². The summed E-state index contributed by atoms with van der Waals surface area (Å²) in [7, 11) is 0. The van der Waals surface area contributed by atoms with Crippen molar-refractivity contribution in [3.63, 3.8) is 0 Å². The van der Waals surface area contributed by atoms with Crippen LogP contribution in [0.2, 0.25) is 0 Å². The summed E-state index contributed by atoms with van der Waals surface area (Å²) in [6.45, 7) is 21.0. The van der Waals surface area contributed by atoms with Gasteiger partial charge in [-0.05, 0) is 109 Å². The normalized spacial score (nSPS) is 50.4. The van der Waals surface area contributed by atoms with E-state index in [1.807, 2.05) is 0 Å². The molecule has 0 N–H and O–H groups in total. The van der Waals surface area contributed by atoms with Crippen LogP contribution in [0.15, 0.2) is 0 Å². The zero-order valence-corrected chi connectivity index (χ0v) is 21.9. The molecule has 0 aromatic carbocycles. The molecular weight excluding hydrogens is 360 g/mol. The van der Waals surface area contributed by atoms with Crippen molar-refractivity contribution in [2.75, 3.05) is 0 Å². The molecule has 0 nitrogen and oxygen atoms in total. The second-order valence-corrected chi connectivity index (χ2v) is 14.4. The predicted molar refractivity (Wildman–Crippen MR) is 131 cm³/mol. The van der Waals surface area contributed by atoms with Crippen molar-refractivity contribution < 1.29 is 0 Å². The number of hydrogen-bond acceptors (Lipinski definition) is 0. The van der Waals surface area contributed by atoms with Gasteiger partial charge in [0.2, 0.25) is 0 Å². The molecule has 4 saturated carbocycles. The molecule has 0 heterocycles. The first-order valence-corrected chi connectivity index (χ1v) is 14.0. The highest BCUT2D eigenvalue weighted by Crippen LogP contribution is 2.67. The lowest BCUT2D eigenvalue weighted by Gasteiger charge is -2.64. The Bertz CT molecular complexity index is 560. The summed E-state index contributed by atoms with van der Waals surface area (Å²) in [5, 5.41) is 0. The Balaban J connectivity index is 1.67. The maximum absolute atomic E-state index is 2.67. The van der Waals surface area contributed by atoms with Gasteiger partial charge in [0.25, 0.3) is 0 Å². The molecule has 4 aliphatic carbocycles. The van der Waals surface area contributed by atoms with Crippen LogP contribution in [0.3, 0.4) is 0 Å². The van der Waals surface area contributed by atoms with Gasteiger partial charge in [0, 0.05) is 0 Å². The zero-order chi connectivity index (χ0) is 21.9. The van der Waals surface area contributed by atoms with Gasteiger partial charge in [-0.25, -0.2) is 0 Å². The third-order valence-corrected chi connectivity index (χ3v) is 12.6. The van der Waals surface area contributed by atoms with Crippen LogP contribution in [0.1, 0.15) is 132 Å². The van der Waals surface area contributed by atoms with Crippen molar-refractivity contribution in [2.24, 2.45) is 57.2 Å². The summed E-state index contributed by atoms with van der Waals surface area (Å²) >= 11 is 0. The molecule has 0 amide bonds. The van der Waals surface area contributed by atoms with Gasteiger partial charge >= 0.3 is 0 Å². The number of fused-ring (bicyclic) bond motifs is 2. The second-order valence-electron chi connectivity index (χ2n) is 14.4. The standard InChI is InChI=1S/C30H54/c1-21-11-13-25-27(5,6)15-9-17-29(25,23(21)3)19-20-30-18-10-16-28(7,8)26(30)14-12-22(2)24(30)4/h21-26H,9-20H2,1-8H3/t21-,22-,23-,24-,25-,26-,29-,30-/m0/s1. The summed E-state index contributed by atoms with van der Waals surface area (Å²) in [6.07, 6.45) is 18.0. The largest absolute Gasteiger partial charge is 0.0622 e. The van der Waals surface area contributed by atoms with Gasteiger partial charge in [0.05, 0.1) is 0 Å². The molecule has 4 aliphatic rings. The van der Waals surface area contributed by atoms with E-state index >= 15 is 0 Å². The van der Waals surface area contributed by atoms with Crippen molar-refractivity contribution in [3.8, 4) is 0 Å². The third-order valence-electron chi connectivity index (χ3n) is 12.6. The molecule has 0 bridgehead atoms. The molecule has 0 aliphatic heterocycles. The fourth-order valence-corrected chi connectivity index (χ4v) is 10.5. The fourth-order valence-electron chi connectivity index (χ4n) is 10.5. The molecule has 174 valence electrons. The maximum Gasteiger partial charge on any atom is -0.0236 e. The monoisotopic (exact) mass is 414 g/mol. The van der Waals surface area contributed by atoms with Gasteiger partial charge < -0.3 is 0 Å². The third kappa shape index (κ3) is 3.44. The lowest BCUT2D eigenvalue weighted by Crippen LogP contribution is -2.55. The van der Waals surface area contributed by atoms with Crippen molar-refractivity contribution in [1.82, 2.24) is 0 Å². The summed E-state index contributed by atoms with van der Waals surface area (Å²) in [5.41, 5.74) is 2.36. The summed E-state index contributed by atoms with van der Waals surface area (Å²) in [6, 6.07) is 0. The van der Waals surface area contributed by atoms with Crippen LogP contribution in [0.4, 0.5) is 0 Å². The predicted octanol–water partition coefficient (Wildman–Crippen LogP) is 9.52. The van der Waals surface area contributed by atoms with E-state index < -0.39 is 0 Å². The summed E-state index contributed by atoms with van der Waals surface area (Å²) < 4.78 is 0. The minimum atomic E-state index is 0.557. The minimum Gasteiger partial charge on any atom is -0.0622 e. The molecule has 0 heteroatoms. The molecule has 0 saturated heterocycles. The van der Waals surface area contributed by atoms with E-state index in [-0.39, 0.29) is 0 Å². The average Bonchev–Trinajstić information content (AvgIpc) is 2.66. The van der Waals surface area contributed by atoms with E-state index in [1.165, 1.54) is 77.0 Å². The SMILES string of the molecule is C[C@H]1CC[C@H]2C(C)(C)CCC[C@]2(CC[C@]23CCCC(C)(C)[C@@H]2CC[C@H](C)[C@@H]3C)[C@H]1C. The van der Waals surface area contributed by atoms with Crippen molar-refractivity contribution in [2.45, 2.75) is 132 Å².